The maximum atomic E-state index is 12.9. The number of carbonyl (C=O) groups is 1. The molecule has 2 rings (SSSR count). The summed E-state index contributed by atoms with van der Waals surface area (Å²) in [5.41, 5.74) is 6.21. The molecule has 1 fully saturated rings. The van der Waals surface area contributed by atoms with Crippen molar-refractivity contribution in [3.05, 3.63) is 29.8 Å². The third-order valence-corrected chi connectivity index (χ3v) is 4.17. The predicted octanol–water partition coefficient (Wildman–Crippen LogP) is 2.76. The first-order valence-corrected chi connectivity index (χ1v) is 7.76. The Bertz CT molecular complexity index is 513. The summed E-state index contributed by atoms with van der Waals surface area (Å²) in [5, 5.41) is 0. The van der Waals surface area contributed by atoms with E-state index in [4.69, 9.17) is 22.7 Å². The third kappa shape index (κ3) is 3.94. The number of hydrogen-bond donors (Lipinski definition) is 1. The van der Waals surface area contributed by atoms with Gasteiger partial charge in [0.2, 0.25) is 0 Å². The average molecular weight is 306 g/mol. The molecule has 0 radical (unpaired) electrons. The summed E-state index contributed by atoms with van der Waals surface area (Å²) >= 11 is 4.96. The molecule has 114 valence electrons. The molecule has 1 aliphatic rings. The van der Waals surface area contributed by atoms with Crippen LogP contribution in [-0.4, -0.2) is 35.5 Å². The number of methoxy groups -OCH3 is 1. The highest BCUT2D eigenvalue weighted by atomic mass is 32.1. The first-order valence-electron chi connectivity index (χ1n) is 7.35. The SMILES string of the molecule is COc1ccccc1C(=O)N(CCC(N)=S)C1CCCC1. The number of nitrogens with zero attached hydrogens (tertiary/aromatic N) is 1. The van der Waals surface area contributed by atoms with E-state index in [0.29, 0.717) is 29.3 Å². The molecule has 5 heteroatoms. The van der Waals surface area contributed by atoms with Crippen molar-refractivity contribution in [2.24, 2.45) is 5.73 Å². The molecule has 2 N–H and O–H groups in total. The number of hydrogen-bond acceptors (Lipinski definition) is 3. The van der Waals surface area contributed by atoms with Gasteiger partial charge in [-0.15, -0.1) is 0 Å². The second-order valence-corrected chi connectivity index (χ2v) is 5.88. The predicted molar refractivity (Wildman–Crippen MR) is 87.7 cm³/mol. The number of para-hydroxylation sites is 1. The highest BCUT2D eigenvalue weighted by molar-refractivity contribution is 7.80. The summed E-state index contributed by atoms with van der Waals surface area (Å²) in [7, 11) is 1.58. The van der Waals surface area contributed by atoms with Crippen LogP contribution in [0.25, 0.3) is 0 Å². The molecule has 1 amide bonds. The fourth-order valence-electron chi connectivity index (χ4n) is 2.87. The number of thiocarbonyl (C=S) groups is 1. The Morgan fingerprint density at radius 2 is 2.05 bits per heavy atom. The van der Waals surface area contributed by atoms with E-state index in [1.165, 1.54) is 12.8 Å². The molecule has 1 aromatic rings. The molecule has 21 heavy (non-hydrogen) atoms. The maximum Gasteiger partial charge on any atom is 0.257 e. The Morgan fingerprint density at radius 1 is 1.38 bits per heavy atom. The summed E-state index contributed by atoms with van der Waals surface area (Å²) < 4.78 is 5.31. The van der Waals surface area contributed by atoms with Gasteiger partial charge in [-0.2, -0.15) is 0 Å². The number of nitrogens with two attached hydrogens (primary N) is 1. The molecule has 1 saturated carbocycles. The van der Waals surface area contributed by atoms with Gasteiger partial charge < -0.3 is 15.4 Å². The third-order valence-electron chi connectivity index (χ3n) is 3.96. The first kappa shape index (κ1) is 15.8. The average Bonchev–Trinajstić information content (AvgIpc) is 3.01. The van der Waals surface area contributed by atoms with Crippen LogP contribution in [0.1, 0.15) is 42.5 Å². The number of ether oxygens (including phenoxy) is 1. The molecule has 0 bridgehead atoms. The second kappa shape index (κ2) is 7.41. The Balaban J connectivity index is 2.21. The quantitative estimate of drug-likeness (QED) is 0.821. The van der Waals surface area contributed by atoms with Gasteiger partial charge in [0.1, 0.15) is 5.75 Å². The van der Waals surface area contributed by atoms with Crippen molar-refractivity contribution in [1.82, 2.24) is 4.90 Å². The van der Waals surface area contributed by atoms with Gasteiger partial charge in [0.25, 0.3) is 5.91 Å². The van der Waals surface area contributed by atoms with Gasteiger partial charge in [-0.05, 0) is 25.0 Å². The van der Waals surface area contributed by atoms with Gasteiger partial charge in [-0.25, -0.2) is 0 Å². The zero-order chi connectivity index (χ0) is 15.2. The van der Waals surface area contributed by atoms with Crippen molar-refractivity contribution in [2.75, 3.05) is 13.7 Å². The molecule has 0 heterocycles. The monoisotopic (exact) mass is 306 g/mol. The van der Waals surface area contributed by atoms with Gasteiger partial charge in [-0.3, -0.25) is 4.79 Å². The van der Waals surface area contributed by atoms with Crippen molar-refractivity contribution in [3.8, 4) is 5.75 Å². The molecule has 4 nitrogen and oxygen atoms in total. The van der Waals surface area contributed by atoms with Gasteiger partial charge in [0.15, 0.2) is 0 Å². The largest absolute Gasteiger partial charge is 0.496 e. The van der Waals surface area contributed by atoms with Crippen LogP contribution in [0.3, 0.4) is 0 Å². The molecule has 0 aliphatic heterocycles. The van der Waals surface area contributed by atoms with Crippen LogP contribution in [-0.2, 0) is 0 Å². The first-order chi connectivity index (χ1) is 10.1. The minimum atomic E-state index is 0.00981. The zero-order valence-corrected chi connectivity index (χ0v) is 13.2. The Hall–Kier alpha value is -1.62. The molecule has 1 aliphatic carbocycles. The minimum Gasteiger partial charge on any atom is -0.496 e. The molecule has 0 atom stereocenters. The molecule has 0 spiro atoms. The van der Waals surface area contributed by atoms with Crippen molar-refractivity contribution in [3.63, 3.8) is 0 Å². The van der Waals surface area contributed by atoms with E-state index in [-0.39, 0.29) is 11.9 Å². The van der Waals surface area contributed by atoms with E-state index >= 15 is 0 Å². The summed E-state index contributed by atoms with van der Waals surface area (Å²) in [6.45, 7) is 0.580. The van der Waals surface area contributed by atoms with Crippen LogP contribution in [0, 0.1) is 0 Å². The smallest absolute Gasteiger partial charge is 0.257 e. The van der Waals surface area contributed by atoms with Crippen LogP contribution < -0.4 is 10.5 Å². The highest BCUT2D eigenvalue weighted by Gasteiger charge is 2.28. The van der Waals surface area contributed by atoms with Gasteiger partial charge in [0.05, 0.1) is 17.7 Å². The molecular weight excluding hydrogens is 284 g/mol. The van der Waals surface area contributed by atoms with Crippen molar-refractivity contribution >= 4 is 23.1 Å². The number of rotatable bonds is 6. The summed E-state index contributed by atoms with van der Waals surface area (Å²) in [6, 6.07) is 7.63. The van der Waals surface area contributed by atoms with Gasteiger partial charge in [0, 0.05) is 19.0 Å². The van der Waals surface area contributed by atoms with Crippen molar-refractivity contribution < 1.29 is 9.53 Å². The zero-order valence-electron chi connectivity index (χ0n) is 12.4. The van der Waals surface area contributed by atoms with Crippen LogP contribution in [0.15, 0.2) is 24.3 Å². The maximum absolute atomic E-state index is 12.9. The van der Waals surface area contributed by atoms with Gasteiger partial charge >= 0.3 is 0 Å². The van der Waals surface area contributed by atoms with E-state index in [1.54, 1.807) is 7.11 Å². The van der Waals surface area contributed by atoms with E-state index in [1.807, 2.05) is 29.2 Å². The van der Waals surface area contributed by atoms with E-state index < -0.39 is 0 Å². The Morgan fingerprint density at radius 3 is 2.67 bits per heavy atom. The van der Waals surface area contributed by atoms with E-state index in [2.05, 4.69) is 0 Å². The standard InChI is InChI=1S/C16H22N2O2S/c1-20-14-9-5-4-8-13(14)16(19)18(11-10-15(17)21)12-6-2-3-7-12/h4-5,8-9,12H,2-3,6-7,10-11H2,1H3,(H2,17,21). The molecule has 0 saturated heterocycles. The topological polar surface area (TPSA) is 55.6 Å². The lowest BCUT2D eigenvalue weighted by atomic mass is 10.1. The highest BCUT2D eigenvalue weighted by Crippen LogP contribution is 2.27. The fourth-order valence-corrected chi connectivity index (χ4v) is 2.96. The second-order valence-electron chi connectivity index (χ2n) is 5.35. The molecule has 0 unspecified atom stereocenters. The van der Waals surface area contributed by atoms with E-state index in [9.17, 15) is 4.79 Å². The lowest BCUT2D eigenvalue weighted by Crippen LogP contribution is -2.40. The van der Waals surface area contributed by atoms with Gasteiger partial charge in [-0.1, -0.05) is 37.2 Å². The Kier molecular flexibility index (Phi) is 5.56. The van der Waals surface area contributed by atoms with Crippen LogP contribution >= 0.6 is 12.2 Å². The minimum absolute atomic E-state index is 0.00981. The summed E-state index contributed by atoms with van der Waals surface area (Å²) in [5.74, 6) is 0.622. The van der Waals surface area contributed by atoms with Crippen LogP contribution in [0.2, 0.25) is 0 Å². The lowest BCUT2D eigenvalue weighted by molar-refractivity contribution is 0.0684. The lowest BCUT2D eigenvalue weighted by Gasteiger charge is -2.29. The van der Waals surface area contributed by atoms with Crippen LogP contribution in [0.4, 0.5) is 0 Å². The number of carbonyl (C=O) groups excluding carboxylic acids is 1. The summed E-state index contributed by atoms with van der Waals surface area (Å²) in [4.78, 5) is 15.3. The molecule has 0 aromatic heterocycles. The van der Waals surface area contributed by atoms with Crippen LogP contribution in [0.5, 0.6) is 5.75 Å². The summed E-state index contributed by atoms with van der Waals surface area (Å²) in [6.07, 6.45) is 5.02. The number of benzene rings is 1. The fraction of sp³-hybridized carbons (Fsp3) is 0.500. The van der Waals surface area contributed by atoms with E-state index in [0.717, 1.165) is 12.8 Å². The molecular formula is C16H22N2O2S. The Labute approximate surface area is 131 Å². The normalized spacial score (nSPS) is 14.9. The molecule has 1 aromatic carbocycles. The van der Waals surface area contributed by atoms with Crippen molar-refractivity contribution in [1.29, 1.82) is 0 Å². The number of amides is 1. The van der Waals surface area contributed by atoms with Crippen molar-refractivity contribution in [2.45, 2.75) is 38.1 Å².